The SMILES string of the molecule is Cn1cc(C(N)c2nc(C(C)(C)C)no2)cn1. The molecular weight excluding hydrogens is 218 g/mol. The lowest BCUT2D eigenvalue weighted by Gasteiger charge is -2.11. The van der Waals surface area contributed by atoms with Gasteiger partial charge in [-0.1, -0.05) is 25.9 Å². The third-order valence-corrected chi connectivity index (χ3v) is 2.46. The average molecular weight is 235 g/mol. The van der Waals surface area contributed by atoms with Gasteiger partial charge in [-0.15, -0.1) is 0 Å². The predicted octanol–water partition coefficient (Wildman–Crippen LogP) is 1.15. The van der Waals surface area contributed by atoms with Gasteiger partial charge in [-0.05, 0) is 0 Å². The second kappa shape index (κ2) is 3.96. The number of hydrogen-bond acceptors (Lipinski definition) is 5. The van der Waals surface area contributed by atoms with Gasteiger partial charge in [0.05, 0.1) is 6.20 Å². The minimum absolute atomic E-state index is 0.142. The molecule has 6 nitrogen and oxygen atoms in total. The molecule has 0 saturated carbocycles. The molecule has 2 N–H and O–H groups in total. The Morgan fingerprint density at radius 1 is 1.41 bits per heavy atom. The van der Waals surface area contributed by atoms with E-state index in [1.165, 1.54) is 0 Å². The van der Waals surface area contributed by atoms with Crippen LogP contribution < -0.4 is 5.73 Å². The van der Waals surface area contributed by atoms with Gasteiger partial charge in [-0.25, -0.2) is 0 Å². The minimum Gasteiger partial charge on any atom is -0.337 e. The molecule has 1 atom stereocenters. The summed E-state index contributed by atoms with van der Waals surface area (Å²) in [6.45, 7) is 6.08. The van der Waals surface area contributed by atoms with Gasteiger partial charge in [0.1, 0.15) is 6.04 Å². The van der Waals surface area contributed by atoms with Gasteiger partial charge in [0, 0.05) is 24.2 Å². The number of nitrogens with zero attached hydrogens (tertiary/aromatic N) is 4. The molecule has 0 aromatic carbocycles. The molecule has 2 aromatic rings. The highest BCUT2D eigenvalue weighted by atomic mass is 16.5. The molecule has 0 spiro atoms. The average Bonchev–Trinajstić information content (AvgIpc) is 2.83. The summed E-state index contributed by atoms with van der Waals surface area (Å²) in [6, 6.07) is -0.424. The largest absolute Gasteiger partial charge is 0.337 e. The molecular formula is C11H17N5O. The van der Waals surface area contributed by atoms with Crippen molar-refractivity contribution in [2.75, 3.05) is 0 Å². The molecule has 92 valence electrons. The van der Waals surface area contributed by atoms with E-state index in [2.05, 4.69) is 15.2 Å². The molecule has 0 aliphatic carbocycles. The van der Waals surface area contributed by atoms with Gasteiger partial charge < -0.3 is 10.3 Å². The monoisotopic (exact) mass is 235 g/mol. The van der Waals surface area contributed by atoms with Crippen LogP contribution in [0.1, 0.15) is 44.1 Å². The van der Waals surface area contributed by atoms with Crippen LogP contribution in [0, 0.1) is 0 Å². The van der Waals surface area contributed by atoms with E-state index in [0.717, 1.165) is 5.56 Å². The van der Waals surface area contributed by atoms with E-state index in [9.17, 15) is 0 Å². The summed E-state index contributed by atoms with van der Waals surface area (Å²) < 4.78 is 6.88. The third-order valence-electron chi connectivity index (χ3n) is 2.46. The lowest BCUT2D eigenvalue weighted by atomic mass is 9.96. The summed E-state index contributed by atoms with van der Waals surface area (Å²) in [5, 5.41) is 8.01. The van der Waals surface area contributed by atoms with E-state index < -0.39 is 6.04 Å². The molecule has 0 bridgehead atoms. The summed E-state index contributed by atoms with van der Waals surface area (Å²) in [6.07, 6.45) is 3.54. The van der Waals surface area contributed by atoms with Crippen LogP contribution in [0.25, 0.3) is 0 Å². The summed E-state index contributed by atoms with van der Waals surface area (Å²) in [5.74, 6) is 1.08. The number of rotatable bonds is 2. The molecule has 0 amide bonds. The zero-order valence-corrected chi connectivity index (χ0v) is 10.5. The van der Waals surface area contributed by atoms with Crippen LogP contribution in [0.15, 0.2) is 16.9 Å². The summed E-state index contributed by atoms with van der Waals surface area (Å²) in [4.78, 5) is 4.33. The minimum atomic E-state index is -0.424. The highest BCUT2D eigenvalue weighted by Gasteiger charge is 2.24. The van der Waals surface area contributed by atoms with Crippen molar-refractivity contribution < 1.29 is 4.52 Å². The van der Waals surface area contributed by atoms with Crippen molar-refractivity contribution in [2.24, 2.45) is 12.8 Å². The van der Waals surface area contributed by atoms with Crippen LogP contribution in [-0.4, -0.2) is 19.9 Å². The Balaban J connectivity index is 2.26. The van der Waals surface area contributed by atoms with Gasteiger partial charge in [-0.2, -0.15) is 10.1 Å². The standard InChI is InChI=1S/C11H17N5O/c1-11(2,3)10-14-9(17-15-10)8(12)7-5-13-16(4)6-7/h5-6,8H,12H2,1-4H3. The maximum atomic E-state index is 6.04. The Kier molecular flexibility index (Phi) is 2.74. The molecule has 2 rings (SSSR count). The maximum absolute atomic E-state index is 6.04. The van der Waals surface area contributed by atoms with Crippen molar-refractivity contribution in [1.29, 1.82) is 0 Å². The Morgan fingerprint density at radius 3 is 2.59 bits per heavy atom. The second-order valence-electron chi connectivity index (χ2n) is 5.13. The second-order valence-corrected chi connectivity index (χ2v) is 5.13. The summed E-state index contributed by atoms with van der Waals surface area (Å²) in [5.41, 5.74) is 6.75. The number of hydrogen-bond donors (Lipinski definition) is 1. The highest BCUT2D eigenvalue weighted by Crippen LogP contribution is 2.22. The van der Waals surface area contributed by atoms with E-state index in [0.29, 0.717) is 11.7 Å². The summed E-state index contributed by atoms with van der Waals surface area (Å²) in [7, 11) is 1.84. The maximum Gasteiger partial charge on any atom is 0.248 e. The van der Waals surface area contributed by atoms with Gasteiger partial charge in [0.25, 0.3) is 0 Å². The lowest BCUT2D eigenvalue weighted by molar-refractivity contribution is 0.354. The van der Waals surface area contributed by atoms with Crippen molar-refractivity contribution >= 4 is 0 Å². The Labute approximate surface area is 99.8 Å². The highest BCUT2D eigenvalue weighted by molar-refractivity contribution is 5.17. The zero-order valence-electron chi connectivity index (χ0n) is 10.5. The summed E-state index contributed by atoms with van der Waals surface area (Å²) >= 11 is 0. The molecule has 17 heavy (non-hydrogen) atoms. The van der Waals surface area contributed by atoms with E-state index >= 15 is 0 Å². The fourth-order valence-electron chi connectivity index (χ4n) is 1.41. The topological polar surface area (TPSA) is 82.8 Å². The molecule has 0 radical (unpaired) electrons. The number of aryl methyl sites for hydroxylation is 1. The van der Waals surface area contributed by atoms with Crippen LogP contribution in [0.5, 0.6) is 0 Å². The molecule has 6 heteroatoms. The molecule has 2 heterocycles. The fourth-order valence-corrected chi connectivity index (χ4v) is 1.41. The Bertz CT molecular complexity index is 508. The van der Waals surface area contributed by atoms with Gasteiger partial charge in [0.15, 0.2) is 5.82 Å². The first kappa shape index (κ1) is 11.8. The van der Waals surface area contributed by atoms with Crippen molar-refractivity contribution in [2.45, 2.75) is 32.2 Å². The molecule has 1 unspecified atom stereocenters. The number of nitrogens with two attached hydrogens (primary N) is 1. The quantitative estimate of drug-likeness (QED) is 0.844. The van der Waals surface area contributed by atoms with Crippen molar-refractivity contribution in [3.8, 4) is 0 Å². The Hall–Kier alpha value is -1.69. The van der Waals surface area contributed by atoms with Crippen LogP contribution in [0.3, 0.4) is 0 Å². The molecule has 0 aliphatic rings. The molecule has 0 saturated heterocycles. The van der Waals surface area contributed by atoms with E-state index in [4.69, 9.17) is 10.3 Å². The van der Waals surface area contributed by atoms with Crippen molar-refractivity contribution in [3.05, 3.63) is 29.7 Å². The van der Waals surface area contributed by atoms with Gasteiger partial charge >= 0.3 is 0 Å². The third kappa shape index (κ3) is 2.36. The van der Waals surface area contributed by atoms with E-state index in [1.54, 1.807) is 10.9 Å². The fraction of sp³-hybridized carbons (Fsp3) is 0.545. The van der Waals surface area contributed by atoms with Gasteiger partial charge in [-0.3, -0.25) is 4.68 Å². The van der Waals surface area contributed by atoms with Crippen molar-refractivity contribution in [3.63, 3.8) is 0 Å². The molecule has 0 fully saturated rings. The van der Waals surface area contributed by atoms with Crippen LogP contribution in [0.2, 0.25) is 0 Å². The smallest absolute Gasteiger partial charge is 0.248 e. The van der Waals surface area contributed by atoms with E-state index in [1.807, 2.05) is 34.0 Å². The van der Waals surface area contributed by atoms with Crippen molar-refractivity contribution in [1.82, 2.24) is 19.9 Å². The zero-order chi connectivity index (χ0) is 12.6. The number of aromatic nitrogens is 4. The van der Waals surface area contributed by atoms with Crippen LogP contribution in [0.4, 0.5) is 0 Å². The first-order chi connectivity index (χ1) is 7.88. The first-order valence-corrected chi connectivity index (χ1v) is 5.46. The predicted molar refractivity (Wildman–Crippen MR) is 62.2 cm³/mol. The van der Waals surface area contributed by atoms with Crippen LogP contribution >= 0.6 is 0 Å². The lowest BCUT2D eigenvalue weighted by Crippen LogP contribution is -2.15. The Morgan fingerprint density at radius 2 is 2.12 bits per heavy atom. The van der Waals surface area contributed by atoms with Crippen LogP contribution in [-0.2, 0) is 12.5 Å². The van der Waals surface area contributed by atoms with E-state index in [-0.39, 0.29) is 5.41 Å². The molecule has 2 aromatic heterocycles. The normalized spacial score (nSPS) is 13.9. The van der Waals surface area contributed by atoms with Gasteiger partial charge in [0.2, 0.25) is 5.89 Å². The molecule has 0 aliphatic heterocycles. The first-order valence-electron chi connectivity index (χ1n) is 5.46.